The molecular weight excluding hydrogens is 294 g/mol. The topological polar surface area (TPSA) is 68.0 Å². The van der Waals surface area contributed by atoms with Crippen molar-refractivity contribution in [1.82, 2.24) is 10.3 Å². The number of carbonyl (C=O) groups is 1. The summed E-state index contributed by atoms with van der Waals surface area (Å²) in [5.41, 5.74) is 8.22. The lowest BCUT2D eigenvalue weighted by molar-refractivity contribution is -0.125. The summed E-state index contributed by atoms with van der Waals surface area (Å²) in [6.07, 6.45) is 0. The van der Waals surface area contributed by atoms with Crippen molar-refractivity contribution in [3.8, 4) is 0 Å². The smallest absolute Gasteiger partial charge is 0.225 e. The van der Waals surface area contributed by atoms with Crippen LogP contribution in [0.25, 0.3) is 0 Å². The molecule has 0 radical (unpaired) electrons. The van der Waals surface area contributed by atoms with Gasteiger partial charge in [-0.3, -0.25) is 4.79 Å². The van der Waals surface area contributed by atoms with Crippen LogP contribution in [0, 0.1) is 5.92 Å². The minimum Gasteiger partial charge on any atom is -0.349 e. The van der Waals surface area contributed by atoms with Crippen LogP contribution in [0.1, 0.15) is 49.0 Å². The van der Waals surface area contributed by atoms with Gasteiger partial charge in [-0.25, -0.2) is 4.98 Å². The molecule has 22 heavy (non-hydrogen) atoms. The number of aromatic nitrogens is 1. The third-order valence-electron chi connectivity index (χ3n) is 3.71. The highest BCUT2D eigenvalue weighted by atomic mass is 32.1. The maximum absolute atomic E-state index is 12.3. The number of amides is 1. The van der Waals surface area contributed by atoms with Crippen LogP contribution < -0.4 is 11.1 Å². The first-order chi connectivity index (χ1) is 10.5. The number of hydrogen-bond acceptors (Lipinski definition) is 4. The van der Waals surface area contributed by atoms with Gasteiger partial charge in [0, 0.05) is 11.4 Å². The van der Waals surface area contributed by atoms with E-state index < -0.39 is 0 Å². The fourth-order valence-corrected chi connectivity index (χ4v) is 3.02. The number of benzene rings is 1. The number of hydrogen-bond donors (Lipinski definition) is 2. The summed E-state index contributed by atoms with van der Waals surface area (Å²) in [5, 5.41) is 5.91. The molecule has 0 saturated carbocycles. The van der Waals surface area contributed by atoms with Crippen molar-refractivity contribution >= 4 is 17.2 Å². The molecule has 2 aromatic rings. The van der Waals surface area contributed by atoms with E-state index in [1.807, 2.05) is 42.6 Å². The average molecular weight is 317 g/mol. The molecule has 2 unspecified atom stereocenters. The van der Waals surface area contributed by atoms with Crippen LogP contribution in [0.3, 0.4) is 0 Å². The van der Waals surface area contributed by atoms with Gasteiger partial charge in [-0.2, -0.15) is 0 Å². The minimum atomic E-state index is -0.302. The molecule has 0 aliphatic carbocycles. The number of nitrogens with two attached hydrogens (primary N) is 1. The lowest BCUT2D eigenvalue weighted by atomic mass is 9.95. The molecule has 0 fully saturated rings. The molecule has 2 rings (SSSR count). The largest absolute Gasteiger partial charge is 0.349 e. The molecule has 0 saturated heterocycles. The molecule has 118 valence electrons. The maximum Gasteiger partial charge on any atom is 0.225 e. The molecule has 0 aliphatic heterocycles. The monoisotopic (exact) mass is 317 g/mol. The third kappa shape index (κ3) is 4.15. The molecular formula is C17H23N3OS. The number of rotatable bonds is 6. The van der Waals surface area contributed by atoms with Crippen LogP contribution in [0.2, 0.25) is 0 Å². The zero-order chi connectivity index (χ0) is 16.1. The third-order valence-corrected chi connectivity index (χ3v) is 4.58. The molecule has 1 aromatic carbocycles. The van der Waals surface area contributed by atoms with Gasteiger partial charge >= 0.3 is 0 Å². The van der Waals surface area contributed by atoms with Crippen molar-refractivity contribution in [1.29, 1.82) is 0 Å². The Hall–Kier alpha value is -1.72. The fourth-order valence-electron chi connectivity index (χ4n) is 2.12. The van der Waals surface area contributed by atoms with Crippen molar-refractivity contribution in [3.63, 3.8) is 0 Å². The predicted octanol–water partition coefficient (Wildman–Crippen LogP) is 3.22. The van der Waals surface area contributed by atoms with Gasteiger partial charge in [0.2, 0.25) is 5.91 Å². The lowest BCUT2D eigenvalue weighted by Crippen LogP contribution is -2.35. The number of thiazole rings is 1. The first-order valence-corrected chi connectivity index (χ1v) is 8.39. The highest BCUT2D eigenvalue weighted by Gasteiger charge is 2.22. The van der Waals surface area contributed by atoms with Crippen LogP contribution in [0.15, 0.2) is 35.7 Å². The van der Waals surface area contributed by atoms with Crippen LogP contribution >= 0.6 is 11.3 Å². The highest BCUT2D eigenvalue weighted by Crippen LogP contribution is 2.20. The zero-order valence-electron chi connectivity index (χ0n) is 13.2. The van der Waals surface area contributed by atoms with Crippen molar-refractivity contribution in [2.45, 2.75) is 39.3 Å². The molecule has 1 heterocycles. The van der Waals surface area contributed by atoms with E-state index >= 15 is 0 Å². The Labute approximate surface area is 135 Å². The zero-order valence-corrected chi connectivity index (χ0v) is 14.1. The van der Waals surface area contributed by atoms with Crippen molar-refractivity contribution in [2.24, 2.45) is 11.7 Å². The van der Waals surface area contributed by atoms with E-state index in [1.165, 1.54) is 0 Å². The molecule has 4 nitrogen and oxygen atoms in total. The SMILES string of the molecule is CC(C)c1csc(CNC(=O)C(C)C(N)c2ccccc2)n1. The van der Waals surface area contributed by atoms with E-state index in [2.05, 4.69) is 24.1 Å². The van der Waals surface area contributed by atoms with Gasteiger partial charge in [-0.15, -0.1) is 11.3 Å². The fraction of sp³-hybridized carbons (Fsp3) is 0.412. The van der Waals surface area contributed by atoms with E-state index in [-0.39, 0.29) is 17.9 Å². The Balaban J connectivity index is 1.91. The van der Waals surface area contributed by atoms with Crippen molar-refractivity contribution < 1.29 is 4.79 Å². The average Bonchev–Trinajstić information content (AvgIpc) is 3.01. The second-order valence-electron chi connectivity index (χ2n) is 5.76. The van der Waals surface area contributed by atoms with Gasteiger partial charge in [0.05, 0.1) is 18.2 Å². The second kappa shape index (κ2) is 7.51. The quantitative estimate of drug-likeness (QED) is 0.859. The molecule has 0 aliphatic rings. The van der Waals surface area contributed by atoms with Crippen LogP contribution in [0.5, 0.6) is 0 Å². The Morgan fingerprint density at radius 1 is 1.27 bits per heavy atom. The molecule has 0 spiro atoms. The number of nitrogens with zero attached hydrogens (tertiary/aromatic N) is 1. The standard InChI is InChI=1S/C17H23N3OS/c1-11(2)14-10-22-15(20-14)9-19-17(21)12(3)16(18)13-7-5-4-6-8-13/h4-8,10-12,16H,9,18H2,1-3H3,(H,19,21). The van der Waals surface area contributed by atoms with Crippen LogP contribution in [-0.4, -0.2) is 10.9 Å². The van der Waals surface area contributed by atoms with Crippen molar-refractivity contribution in [2.75, 3.05) is 0 Å². The van der Waals surface area contributed by atoms with E-state index in [0.29, 0.717) is 12.5 Å². The highest BCUT2D eigenvalue weighted by molar-refractivity contribution is 7.09. The Morgan fingerprint density at radius 2 is 1.95 bits per heavy atom. The molecule has 0 bridgehead atoms. The maximum atomic E-state index is 12.3. The second-order valence-corrected chi connectivity index (χ2v) is 6.71. The summed E-state index contributed by atoms with van der Waals surface area (Å²) in [7, 11) is 0. The first-order valence-electron chi connectivity index (χ1n) is 7.51. The van der Waals surface area contributed by atoms with Gasteiger partial charge in [-0.1, -0.05) is 51.1 Å². The predicted molar refractivity (Wildman–Crippen MR) is 90.6 cm³/mol. The molecule has 2 atom stereocenters. The summed E-state index contributed by atoms with van der Waals surface area (Å²) in [6, 6.07) is 9.40. The summed E-state index contributed by atoms with van der Waals surface area (Å²) < 4.78 is 0. The van der Waals surface area contributed by atoms with Crippen LogP contribution in [0.4, 0.5) is 0 Å². The van der Waals surface area contributed by atoms with Gasteiger partial charge in [0.1, 0.15) is 5.01 Å². The van der Waals surface area contributed by atoms with Gasteiger partial charge in [-0.05, 0) is 11.5 Å². The summed E-state index contributed by atoms with van der Waals surface area (Å²) in [6.45, 7) is 6.53. The first kappa shape index (κ1) is 16.6. The Morgan fingerprint density at radius 3 is 2.55 bits per heavy atom. The van der Waals surface area contributed by atoms with Crippen molar-refractivity contribution in [3.05, 3.63) is 52.0 Å². The molecule has 1 aromatic heterocycles. The van der Waals surface area contributed by atoms with Gasteiger partial charge < -0.3 is 11.1 Å². The van der Waals surface area contributed by atoms with E-state index in [4.69, 9.17) is 5.73 Å². The molecule has 5 heteroatoms. The van der Waals surface area contributed by atoms with Gasteiger partial charge in [0.15, 0.2) is 0 Å². The summed E-state index contributed by atoms with van der Waals surface area (Å²) >= 11 is 1.58. The normalized spacial score (nSPS) is 13.9. The number of carbonyl (C=O) groups excluding carboxylic acids is 1. The van der Waals surface area contributed by atoms with E-state index in [9.17, 15) is 4.79 Å². The Kier molecular flexibility index (Phi) is 5.69. The van der Waals surface area contributed by atoms with E-state index in [0.717, 1.165) is 16.3 Å². The Bertz CT molecular complexity index is 609. The number of nitrogens with one attached hydrogen (secondary N) is 1. The molecule has 3 N–H and O–H groups in total. The summed E-state index contributed by atoms with van der Waals surface area (Å²) in [4.78, 5) is 16.8. The van der Waals surface area contributed by atoms with Crippen LogP contribution in [-0.2, 0) is 11.3 Å². The van der Waals surface area contributed by atoms with E-state index in [1.54, 1.807) is 11.3 Å². The minimum absolute atomic E-state index is 0.0438. The van der Waals surface area contributed by atoms with Gasteiger partial charge in [0.25, 0.3) is 0 Å². The molecule has 1 amide bonds. The summed E-state index contributed by atoms with van der Waals surface area (Å²) in [5.74, 6) is 0.0794. The lowest BCUT2D eigenvalue weighted by Gasteiger charge is -2.19.